The molecule has 0 spiro atoms. The van der Waals surface area contributed by atoms with Gasteiger partial charge in [0.2, 0.25) is 21.8 Å². The lowest BCUT2D eigenvalue weighted by atomic mass is 10.1. The molecule has 2 aromatic rings. The molecule has 0 aliphatic rings. The van der Waals surface area contributed by atoms with Crippen LogP contribution in [0, 0.1) is 20.8 Å². The summed E-state index contributed by atoms with van der Waals surface area (Å²) >= 11 is 0. The molecule has 1 N–H and O–H groups in total. The first kappa shape index (κ1) is 27.4. The minimum Gasteiger partial charge on any atom is -0.354 e. The fraction of sp³-hybridized carbons (Fsp3) is 0.462. The standard InChI is InChI=1S/C26H37N3O4S/c1-7-14-27-26(31)23(8-2)28(17-22-11-9-10-19(3)16-22)25(30)18-29(34(6,32)33)24-13-12-20(4)15-21(24)5/h9-13,15-16,23H,7-8,14,17-18H2,1-6H3,(H,27,31)/t23-/m0/s1. The van der Waals surface area contributed by atoms with Gasteiger partial charge >= 0.3 is 0 Å². The van der Waals surface area contributed by atoms with E-state index in [1.165, 1.54) is 4.90 Å². The Morgan fingerprint density at radius 1 is 1.00 bits per heavy atom. The maximum absolute atomic E-state index is 13.7. The Hall–Kier alpha value is -2.87. The Morgan fingerprint density at radius 2 is 1.68 bits per heavy atom. The van der Waals surface area contributed by atoms with E-state index in [1.807, 2.05) is 71.0 Å². The van der Waals surface area contributed by atoms with Crippen molar-refractivity contribution in [3.05, 3.63) is 64.7 Å². The van der Waals surface area contributed by atoms with E-state index in [0.717, 1.165) is 39.2 Å². The molecule has 8 heteroatoms. The first-order valence-electron chi connectivity index (χ1n) is 11.7. The average molecular weight is 488 g/mol. The summed E-state index contributed by atoms with van der Waals surface area (Å²) in [6, 6.07) is 12.5. The van der Waals surface area contributed by atoms with Gasteiger partial charge in [0.15, 0.2) is 0 Å². The number of hydrogen-bond acceptors (Lipinski definition) is 4. The molecule has 2 amide bonds. The highest BCUT2D eigenvalue weighted by molar-refractivity contribution is 7.92. The lowest BCUT2D eigenvalue weighted by molar-refractivity contribution is -0.140. The molecule has 0 aromatic heterocycles. The second kappa shape index (κ2) is 12.0. The number of hydrogen-bond donors (Lipinski definition) is 1. The molecular weight excluding hydrogens is 450 g/mol. The molecule has 0 unspecified atom stereocenters. The van der Waals surface area contributed by atoms with Crippen molar-refractivity contribution in [3.8, 4) is 0 Å². The second-order valence-electron chi connectivity index (χ2n) is 8.79. The van der Waals surface area contributed by atoms with Gasteiger partial charge in [-0.05, 0) is 50.8 Å². The fourth-order valence-corrected chi connectivity index (χ4v) is 4.88. The van der Waals surface area contributed by atoms with Crippen molar-refractivity contribution in [3.63, 3.8) is 0 Å². The number of carbonyl (C=O) groups is 2. The Balaban J connectivity index is 2.45. The SMILES string of the molecule is CCCNC(=O)[C@H](CC)N(Cc1cccc(C)c1)C(=O)CN(c1ccc(C)cc1C)S(C)(=O)=O. The third-order valence-electron chi connectivity index (χ3n) is 5.67. The van der Waals surface area contributed by atoms with Crippen molar-refractivity contribution >= 4 is 27.5 Å². The number of sulfonamides is 1. The molecular formula is C26H37N3O4S. The van der Waals surface area contributed by atoms with Crippen LogP contribution in [0.15, 0.2) is 42.5 Å². The van der Waals surface area contributed by atoms with Crippen molar-refractivity contribution in [2.24, 2.45) is 0 Å². The molecule has 7 nitrogen and oxygen atoms in total. The number of carbonyl (C=O) groups excluding carboxylic acids is 2. The summed E-state index contributed by atoms with van der Waals surface area (Å²) in [5, 5.41) is 2.88. The van der Waals surface area contributed by atoms with Gasteiger partial charge < -0.3 is 10.2 Å². The zero-order chi connectivity index (χ0) is 25.5. The van der Waals surface area contributed by atoms with Crippen LogP contribution in [0.4, 0.5) is 5.69 Å². The Kier molecular flexibility index (Phi) is 9.67. The van der Waals surface area contributed by atoms with Crippen LogP contribution < -0.4 is 9.62 Å². The summed E-state index contributed by atoms with van der Waals surface area (Å²) in [4.78, 5) is 28.1. The van der Waals surface area contributed by atoms with Crippen molar-refractivity contribution in [1.29, 1.82) is 0 Å². The molecule has 0 aliphatic carbocycles. The molecule has 2 aromatic carbocycles. The van der Waals surface area contributed by atoms with Gasteiger partial charge in [-0.2, -0.15) is 0 Å². The van der Waals surface area contributed by atoms with E-state index < -0.39 is 22.0 Å². The van der Waals surface area contributed by atoms with Crippen molar-refractivity contribution in [1.82, 2.24) is 10.2 Å². The van der Waals surface area contributed by atoms with Gasteiger partial charge in [-0.1, -0.05) is 61.4 Å². The number of nitrogens with zero attached hydrogens (tertiary/aromatic N) is 2. The number of nitrogens with one attached hydrogen (secondary N) is 1. The van der Waals surface area contributed by atoms with Gasteiger partial charge in [0.25, 0.3) is 0 Å². The highest BCUT2D eigenvalue weighted by atomic mass is 32.2. The zero-order valence-electron chi connectivity index (χ0n) is 21.1. The van der Waals surface area contributed by atoms with Crippen LogP contribution in [0.3, 0.4) is 0 Å². The third-order valence-corrected chi connectivity index (χ3v) is 6.80. The number of amides is 2. The van der Waals surface area contributed by atoms with E-state index in [1.54, 1.807) is 6.07 Å². The molecule has 186 valence electrons. The molecule has 34 heavy (non-hydrogen) atoms. The lowest BCUT2D eigenvalue weighted by Crippen LogP contribution is -2.52. The van der Waals surface area contributed by atoms with Crippen LogP contribution in [0.2, 0.25) is 0 Å². The molecule has 2 rings (SSSR count). The van der Waals surface area contributed by atoms with Gasteiger partial charge in [-0.25, -0.2) is 8.42 Å². The summed E-state index contributed by atoms with van der Waals surface area (Å²) in [7, 11) is -3.74. The van der Waals surface area contributed by atoms with Gasteiger partial charge in [-0.3, -0.25) is 13.9 Å². The van der Waals surface area contributed by atoms with E-state index in [-0.39, 0.29) is 19.0 Å². The monoisotopic (exact) mass is 487 g/mol. The summed E-state index contributed by atoms with van der Waals surface area (Å²) < 4.78 is 26.6. The van der Waals surface area contributed by atoms with Gasteiger partial charge in [-0.15, -0.1) is 0 Å². The number of benzene rings is 2. The number of aryl methyl sites for hydroxylation is 3. The lowest BCUT2D eigenvalue weighted by Gasteiger charge is -2.33. The van der Waals surface area contributed by atoms with Crippen molar-refractivity contribution < 1.29 is 18.0 Å². The maximum Gasteiger partial charge on any atom is 0.244 e. The Bertz CT molecular complexity index is 1110. The minimum atomic E-state index is -3.74. The first-order valence-corrected chi connectivity index (χ1v) is 13.5. The van der Waals surface area contributed by atoms with Gasteiger partial charge in [0, 0.05) is 13.1 Å². The molecule has 0 saturated carbocycles. The van der Waals surface area contributed by atoms with Crippen LogP contribution in [-0.4, -0.2) is 50.5 Å². The molecule has 0 heterocycles. The largest absolute Gasteiger partial charge is 0.354 e. The van der Waals surface area contributed by atoms with Crippen molar-refractivity contribution in [2.45, 2.75) is 60.0 Å². The van der Waals surface area contributed by atoms with Crippen LogP contribution in [-0.2, 0) is 26.2 Å². The fourth-order valence-electron chi connectivity index (χ4n) is 3.97. The summed E-state index contributed by atoms with van der Waals surface area (Å²) in [5.41, 5.74) is 4.14. The van der Waals surface area contributed by atoms with E-state index in [9.17, 15) is 18.0 Å². The predicted octanol–water partition coefficient (Wildman–Crippen LogP) is 3.71. The van der Waals surface area contributed by atoms with Crippen LogP contribution >= 0.6 is 0 Å². The zero-order valence-corrected chi connectivity index (χ0v) is 21.9. The predicted molar refractivity (Wildman–Crippen MR) is 137 cm³/mol. The number of rotatable bonds is 11. The van der Waals surface area contributed by atoms with Gasteiger partial charge in [0.05, 0.1) is 11.9 Å². The molecule has 0 fully saturated rings. The van der Waals surface area contributed by atoms with Crippen molar-refractivity contribution in [2.75, 3.05) is 23.7 Å². The van der Waals surface area contributed by atoms with E-state index in [4.69, 9.17) is 0 Å². The van der Waals surface area contributed by atoms with Gasteiger partial charge in [0.1, 0.15) is 12.6 Å². The number of anilines is 1. The summed E-state index contributed by atoms with van der Waals surface area (Å²) in [6.45, 7) is 9.87. The van der Waals surface area contributed by atoms with Crippen LogP contribution in [0.1, 0.15) is 48.9 Å². The second-order valence-corrected chi connectivity index (χ2v) is 10.7. The highest BCUT2D eigenvalue weighted by Gasteiger charge is 2.32. The van der Waals surface area contributed by atoms with Crippen LogP contribution in [0.5, 0.6) is 0 Å². The van der Waals surface area contributed by atoms with E-state index >= 15 is 0 Å². The molecule has 0 radical (unpaired) electrons. The third kappa shape index (κ3) is 7.32. The van der Waals surface area contributed by atoms with E-state index in [0.29, 0.717) is 18.7 Å². The van der Waals surface area contributed by atoms with Crippen LogP contribution in [0.25, 0.3) is 0 Å². The summed E-state index contributed by atoms with van der Waals surface area (Å²) in [5.74, 6) is -0.659. The first-order chi connectivity index (χ1) is 16.0. The highest BCUT2D eigenvalue weighted by Crippen LogP contribution is 2.24. The average Bonchev–Trinajstić information content (AvgIpc) is 2.75. The Labute approximate surface area is 204 Å². The van der Waals surface area contributed by atoms with E-state index in [2.05, 4.69) is 5.32 Å². The minimum absolute atomic E-state index is 0.211. The molecule has 1 atom stereocenters. The maximum atomic E-state index is 13.7. The molecule has 0 saturated heterocycles. The normalized spacial score (nSPS) is 12.2. The smallest absolute Gasteiger partial charge is 0.244 e. The summed E-state index contributed by atoms with van der Waals surface area (Å²) in [6.07, 6.45) is 2.29. The quantitative estimate of drug-likeness (QED) is 0.523. The molecule has 0 bridgehead atoms. The molecule has 0 aliphatic heterocycles. The topological polar surface area (TPSA) is 86.8 Å². The Morgan fingerprint density at radius 3 is 2.24 bits per heavy atom.